The van der Waals surface area contributed by atoms with Crippen molar-refractivity contribution in [3.8, 4) is 11.6 Å². The number of fused-ring (bicyclic) bond motifs is 1. The molecule has 2 aromatic carbocycles. The summed E-state index contributed by atoms with van der Waals surface area (Å²) in [6, 6.07) is 16.1. The molecule has 7 nitrogen and oxygen atoms in total. The molecule has 0 N–H and O–H groups in total. The Morgan fingerprint density at radius 3 is 2.73 bits per heavy atom. The number of hydrogen-bond acceptors (Lipinski definition) is 6. The average molecular weight is 411 g/mol. The molecule has 0 aliphatic carbocycles. The van der Waals surface area contributed by atoms with Gasteiger partial charge in [0.2, 0.25) is 0 Å². The fourth-order valence-corrected chi connectivity index (χ4v) is 3.10. The molecule has 0 radical (unpaired) electrons. The van der Waals surface area contributed by atoms with Gasteiger partial charge < -0.3 is 4.52 Å². The number of benzene rings is 2. The molecule has 0 aliphatic rings. The van der Waals surface area contributed by atoms with Crippen LogP contribution in [0.4, 0.5) is 5.69 Å². The SMILES string of the molecule is O=[N+]([O-])c1cccc2ccc(-c3nc(Cc4cccc(Br)c4)no3)nc12. The summed E-state index contributed by atoms with van der Waals surface area (Å²) in [5.41, 5.74) is 1.67. The Bertz CT molecular complexity index is 1130. The van der Waals surface area contributed by atoms with Gasteiger partial charge in [0.05, 0.1) is 4.92 Å². The summed E-state index contributed by atoms with van der Waals surface area (Å²) in [5.74, 6) is 0.748. The van der Waals surface area contributed by atoms with E-state index in [2.05, 4.69) is 31.1 Å². The third-order valence-electron chi connectivity index (χ3n) is 3.83. The first-order valence-electron chi connectivity index (χ1n) is 7.72. The summed E-state index contributed by atoms with van der Waals surface area (Å²) < 4.78 is 6.27. The maximum atomic E-state index is 11.2. The predicted molar refractivity (Wildman–Crippen MR) is 98.6 cm³/mol. The lowest BCUT2D eigenvalue weighted by molar-refractivity contribution is -0.383. The van der Waals surface area contributed by atoms with E-state index in [1.54, 1.807) is 24.3 Å². The lowest BCUT2D eigenvalue weighted by atomic mass is 10.1. The lowest BCUT2D eigenvalue weighted by Crippen LogP contribution is -1.93. The number of pyridine rings is 1. The molecule has 2 aromatic heterocycles. The van der Waals surface area contributed by atoms with Crippen molar-refractivity contribution in [2.45, 2.75) is 6.42 Å². The Hall–Kier alpha value is -3.13. The average Bonchev–Trinajstić information content (AvgIpc) is 3.09. The third-order valence-corrected chi connectivity index (χ3v) is 4.33. The van der Waals surface area contributed by atoms with Crippen molar-refractivity contribution in [1.82, 2.24) is 15.1 Å². The molecule has 0 atom stereocenters. The number of nitrogens with zero attached hydrogens (tertiary/aromatic N) is 4. The van der Waals surface area contributed by atoms with Crippen LogP contribution in [-0.2, 0) is 6.42 Å². The van der Waals surface area contributed by atoms with E-state index in [9.17, 15) is 10.1 Å². The minimum absolute atomic E-state index is 0.0572. The van der Waals surface area contributed by atoms with Gasteiger partial charge in [-0.25, -0.2) is 4.98 Å². The molecular formula is C18H11BrN4O3. The largest absolute Gasteiger partial charge is 0.332 e. The minimum Gasteiger partial charge on any atom is -0.332 e. The zero-order valence-corrected chi connectivity index (χ0v) is 14.9. The Morgan fingerprint density at radius 2 is 1.92 bits per heavy atom. The molecule has 2 heterocycles. The number of non-ortho nitro benzene ring substituents is 1. The van der Waals surface area contributed by atoms with Gasteiger partial charge in [0.1, 0.15) is 11.2 Å². The maximum absolute atomic E-state index is 11.2. The van der Waals surface area contributed by atoms with Gasteiger partial charge in [-0.15, -0.1) is 0 Å². The van der Waals surface area contributed by atoms with Crippen LogP contribution in [0.2, 0.25) is 0 Å². The van der Waals surface area contributed by atoms with Gasteiger partial charge in [-0.05, 0) is 23.8 Å². The summed E-state index contributed by atoms with van der Waals surface area (Å²) in [5, 5.41) is 15.9. The van der Waals surface area contributed by atoms with Crippen LogP contribution in [0.5, 0.6) is 0 Å². The molecule has 0 saturated heterocycles. The van der Waals surface area contributed by atoms with Gasteiger partial charge in [0.15, 0.2) is 5.82 Å². The van der Waals surface area contributed by atoms with Crippen molar-refractivity contribution in [3.05, 3.63) is 80.6 Å². The number of nitro benzene ring substituents is 1. The first-order valence-corrected chi connectivity index (χ1v) is 8.51. The topological polar surface area (TPSA) is 95.0 Å². The second-order valence-electron chi connectivity index (χ2n) is 5.62. The van der Waals surface area contributed by atoms with Gasteiger partial charge in [-0.1, -0.05) is 51.4 Å². The van der Waals surface area contributed by atoms with Crippen LogP contribution in [0.3, 0.4) is 0 Å². The maximum Gasteiger partial charge on any atom is 0.295 e. The Balaban J connectivity index is 1.69. The Morgan fingerprint density at radius 1 is 1.08 bits per heavy atom. The molecule has 0 bridgehead atoms. The number of aromatic nitrogens is 3. The van der Waals surface area contributed by atoms with E-state index in [-0.39, 0.29) is 11.6 Å². The highest BCUT2D eigenvalue weighted by Gasteiger charge is 2.16. The predicted octanol–water partition coefficient (Wildman–Crippen LogP) is 4.55. The summed E-state index contributed by atoms with van der Waals surface area (Å²) in [7, 11) is 0. The number of para-hydroxylation sites is 1. The quantitative estimate of drug-likeness (QED) is 0.361. The number of rotatable bonds is 4. The first kappa shape index (κ1) is 16.3. The number of halogens is 1. The van der Waals surface area contributed by atoms with Crippen LogP contribution < -0.4 is 0 Å². The molecule has 26 heavy (non-hydrogen) atoms. The van der Waals surface area contributed by atoms with Crippen LogP contribution in [0.15, 0.2) is 63.6 Å². The summed E-state index contributed by atoms with van der Waals surface area (Å²) in [4.78, 5) is 19.5. The monoisotopic (exact) mass is 410 g/mol. The van der Waals surface area contributed by atoms with Crippen molar-refractivity contribution < 1.29 is 9.45 Å². The third kappa shape index (κ3) is 3.18. The van der Waals surface area contributed by atoms with E-state index in [1.807, 2.05) is 24.3 Å². The van der Waals surface area contributed by atoms with Crippen LogP contribution in [-0.4, -0.2) is 20.0 Å². The van der Waals surface area contributed by atoms with Gasteiger partial charge >= 0.3 is 0 Å². The van der Waals surface area contributed by atoms with E-state index < -0.39 is 4.92 Å². The normalized spacial score (nSPS) is 11.0. The second kappa shape index (κ2) is 6.64. The fourth-order valence-electron chi connectivity index (χ4n) is 2.66. The highest BCUT2D eigenvalue weighted by Crippen LogP contribution is 2.26. The van der Waals surface area contributed by atoms with Gasteiger partial charge in [-0.3, -0.25) is 10.1 Å². The molecule has 0 aliphatic heterocycles. The van der Waals surface area contributed by atoms with E-state index in [0.717, 1.165) is 10.0 Å². The standard InChI is InChI=1S/C18H11BrN4O3/c19-13-5-1-3-11(9-13)10-16-21-18(26-22-16)14-8-7-12-4-2-6-15(23(24)25)17(12)20-14/h1-9H,10H2. The zero-order valence-electron chi connectivity index (χ0n) is 13.3. The fraction of sp³-hybridized carbons (Fsp3) is 0.0556. The van der Waals surface area contributed by atoms with E-state index >= 15 is 0 Å². The van der Waals surface area contributed by atoms with Gasteiger partial charge in [-0.2, -0.15) is 4.98 Å². The number of hydrogen-bond donors (Lipinski definition) is 0. The molecule has 0 saturated carbocycles. The van der Waals surface area contributed by atoms with Crippen LogP contribution in [0, 0.1) is 10.1 Å². The minimum atomic E-state index is -0.453. The summed E-state index contributed by atoms with van der Waals surface area (Å²) >= 11 is 3.43. The molecule has 0 fully saturated rings. The molecule has 0 unspecified atom stereocenters. The van der Waals surface area contributed by atoms with Gasteiger partial charge in [0.25, 0.3) is 11.6 Å². The Labute approximate surface area is 156 Å². The lowest BCUT2D eigenvalue weighted by Gasteiger charge is -2.00. The molecule has 4 aromatic rings. The molecule has 8 heteroatoms. The van der Waals surface area contributed by atoms with E-state index in [0.29, 0.717) is 28.8 Å². The molecule has 0 amide bonds. The first-order chi connectivity index (χ1) is 12.6. The summed E-state index contributed by atoms with van der Waals surface area (Å²) in [6.45, 7) is 0. The van der Waals surface area contributed by atoms with Crippen molar-refractivity contribution in [2.24, 2.45) is 0 Å². The summed E-state index contributed by atoms with van der Waals surface area (Å²) in [6.07, 6.45) is 0.511. The smallest absolute Gasteiger partial charge is 0.295 e. The highest BCUT2D eigenvalue weighted by atomic mass is 79.9. The molecule has 4 rings (SSSR count). The van der Waals surface area contributed by atoms with Crippen LogP contribution in [0.1, 0.15) is 11.4 Å². The van der Waals surface area contributed by atoms with Gasteiger partial charge in [0, 0.05) is 22.3 Å². The Kier molecular flexibility index (Phi) is 4.18. The van der Waals surface area contributed by atoms with Crippen molar-refractivity contribution in [3.63, 3.8) is 0 Å². The van der Waals surface area contributed by atoms with Crippen LogP contribution >= 0.6 is 15.9 Å². The zero-order chi connectivity index (χ0) is 18.1. The van der Waals surface area contributed by atoms with E-state index in [1.165, 1.54) is 6.07 Å². The van der Waals surface area contributed by atoms with E-state index in [4.69, 9.17) is 4.52 Å². The van der Waals surface area contributed by atoms with Crippen molar-refractivity contribution >= 4 is 32.5 Å². The van der Waals surface area contributed by atoms with Crippen molar-refractivity contribution in [2.75, 3.05) is 0 Å². The molecule has 128 valence electrons. The second-order valence-corrected chi connectivity index (χ2v) is 6.54. The number of nitro groups is 1. The highest BCUT2D eigenvalue weighted by molar-refractivity contribution is 9.10. The molecular weight excluding hydrogens is 400 g/mol. The van der Waals surface area contributed by atoms with Crippen molar-refractivity contribution in [1.29, 1.82) is 0 Å². The van der Waals surface area contributed by atoms with Crippen LogP contribution in [0.25, 0.3) is 22.5 Å². The molecule has 0 spiro atoms.